The number of amides is 4. The van der Waals surface area contributed by atoms with Crippen molar-refractivity contribution < 1.29 is 22.8 Å². The molecule has 170 valence electrons. The van der Waals surface area contributed by atoms with Gasteiger partial charge in [0.2, 0.25) is 15.9 Å². The molecule has 4 rings (SSSR count). The van der Waals surface area contributed by atoms with Crippen LogP contribution in [-0.2, 0) is 19.6 Å². The normalized spacial score (nSPS) is 21.9. The summed E-state index contributed by atoms with van der Waals surface area (Å²) in [6.45, 7) is 0.203. The zero-order valence-electron chi connectivity index (χ0n) is 17.5. The Bertz CT molecular complexity index is 1080. The summed E-state index contributed by atoms with van der Waals surface area (Å²) in [5, 5.41) is 12.7. The van der Waals surface area contributed by atoms with Crippen LogP contribution in [0.4, 0.5) is 4.79 Å². The molecule has 0 radical (unpaired) electrons. The van der Waals surface area contributed by atoms with Gasteiger partial charge in [-0.3, -0.25) is 15.0 Å². The maximum Gasteiger partial charge on any atom is 0.344 e. The first-order chi connectivity index (χ1) is 15.3. The average molecular weight is 460 g/mol. The van der Waals surface area contributed by atoms with E-state index in [4.69, 9.17) is 0 Å². The number of hydrazine groups is 1. The highest BCUT2D eigenvalue weighted by Gasteiger charge is 2.52. The first-order valence-corrected chi connectivity index (χ1v) is 12.2. The molecule has 1 saturated carbocycles. The molecule has 4 amide bonds. The second-order valence-electron chi connectivity index (χ2n) is 8.48. The fourth-order valence-corrected chi connectivity index (χ4v) is 6.31. The van der Waals surface area contributed by atoms with E-state index in [1.807, 2.05) is 6.07 Å². The number of carbonyl (C=O) groups is 3. The van der Waals surface area contributed by atoms with Crippen LogP contribution in [0.2, 0.25) is 0 Å². The van der Waals surface area contributed by atoms with E-state index in [1.165, 1.54) is 16.4 Å². The summed E-state index contributed by atoms with van der Waals surface area (Å²) in [7, 11) is -3.86. The predicted molar refractivity (Wildman–Crippen MR) is 112 cm³/mol. The van der Waals surface area contributed by atoms with Crippen molar-refractivity contribution in [3.63, 3.8) is 0 Å². The number of nitrogens with zero attached hydrogens (tertiary/aromatic N) is 3. The van der Waals surface area contributed by atoms with E-state index >= 15 is 0 Å². The number of nitriles is 1. The summed E-state index contributed by atoms with van der Waals surface area (Å²) in [5.41, 5.74) is 1.59. The molecule has 2 heterocycles. The predicted octanol–water partition coefficient (Wildman–Crippen LogP) is 1.24. The lowest BCUT2D eigenvalue weighted by atomic mass is 9.82. The van der Waals surface area contributed by atoms with E-state index < -0.39 is 39.3 Å². The van der Waals surface area contributed by atoms with Crippen molar-refractivity contribution in [1.29, 1.82) is 5.26 Å². The summed E-state index contributed by atoms with van der Waals surface area (Å²) in [6, 6.07) is 7.27. The quantitative estimate of drug-likeness (QED) is 0.650. The molecule has 0 atom stereocenters. The van der Waals surface area contributed by atoms with Crippen molar-refractivity contribution in [2.75, 3.05) is 13.1 Å². The van der Waals surface area contributed by atoms with Crippen LogP contribution in [0.25, 0.3) is 0 Å². The van der Waals surface area contributed by atoms with Crippen molar-refractivity contribution in [3.05, 3.63) is 29.8 Å². The number of urea groups is 1. The number of rotatable bonds is 4. The number of imide groups is 1. The minimum atomic E-state index is -3.86. The molecular formula is C21H25N5O5S. The fourth-order valence-electron chi connectivity index (χ4n) is 4.70. The molecule has 3 fully saturated rings. The van der Waals surface area contributed by atoms with Crippen molar-refractivity contribution in [1.82, 2.24) is 20.1 Å². The molecular weight excluding hydrogens is 434 g/mol. The highest BCUT2D eigenvalue weighted by Crippen LogP contribution is 2.33. The lowest BCUT2D eigenvalue weighted by Crippen LogP contribution is -2.53. The van der Waals surface area contributed by atoms with Crippen LogP contribution < -0.4 is 10.7 Å². The first-order valence-electron chi connectivity index (χ1n) is 10.7. The van der Waals surface area contributed by atoms with Crippen LogP contribution in [0.3, 0.4) is 0 Å². The van der Waals surface area contributed by atoms with Crippen LogP contribution in [0.1, 0.15) is 50.5 Å². The van der Waals surface area contributed by atoms with E-state index in [0.29, 0.717) is 12.8 Å². The molecule has 10 nitrogen and oxygen atoms in total. The van der Waals surface area contributed by atoms with Crippen molar-refractivity contribution in [2.45, 2.75) is 55.4 Å². The molecule has 1 aliphatic carbocycles. The van der Waals surface area contributed by atoms with Crippen molar-refractivity contribution in [2.24, 2.45) is 5.92 Å². The molecule has 1 aromatic carbocycles. The van der Waals surface area contributed by atoms with Gasteiger partial charge in [0, 0.05) is 19.0 Å². The van der Waals surface area contributed by atoms with E-state index in [2.05, 4.69) is 10.7 Å². The van der Waals surface area contributed by atoms with Gasteiger partial charge in [-0.2, -0.15) is 14.6 Å². The summed E-state index contributed by atoms with van der Waals surface area (Å²) < 4.78 is 27.2. The standard InChI is InChI=1S/C21H25N5O5S/c22-14-16-6-2-3-7-17(16)32(30,31)25-12-8-15(9-13-25)18(27)24-26-19(28)21(23-20(26)29)10-4-1-5-11-21/h2-3,6-7,15H,1,4-5,8-13H2,(H,23,29)(H,24,27). The number of benzene rings is 1. The van der Waals surface area contributed by atoms with Gasteiger partial charge in [0.1, 0.15) is 11.6 Å². The second kappa shape index (κ2) is 8.52. The number of nitrogens with one attached hydrogen (secondary N) is 2. The van der Waals surface area contributed by atoms with Gasteiger partial charge in [0.25, 0.3) is 5.91 Å². The molecule has 1 aromatic rings. The van der Waals surface area contributed by atoms with E-state index in [9.17, 15) is 28.1 Å². The topological polar surface area (TPSA) is 140 Å². The Kier molecular flexibility index (Phi) is 5.92. The van der Waals surface area contributed by atoms with Gasteiger partial charge in [-0.15, -0.1) is 0 Å². The molecule has 0 aromatic heterocycles. The third kappa shape index (κ3) is 3.84. The van der Waals surface area contributed by atoms with Crippen LogP contribution in [-0.4, -0.2) is 54.2 Å². The van der Waals surface area contributed by atoms with Gasteiger partial charge < -0.3 is 5.32 Å². The van der Waals surface area contributed by atoms with Gasteiger partial charge in [0.15, 0.2) is 0 Å². The van der Waals surface area contributed by atoms with Crippen LogP contribution in [0.15, 0.2) is 29.2 Å². The number of piperidine rings is 1. The first kappa shape index (κ1) is 22.2. The Morgan fingerprint density at radius 3 is 2.44 bits per heavy atom. The lowest BCUT2D eigenvalue weighted by molar-refractivity contribution is -0.141. The van der Waals surface area contributed by atoms with Crippen LogP contribution in [0, 0.1) is 17.2 Å². The van der Waals surface area contributed by atoms with E-state index in [0.717, 1.165) is 24.3 Å². The Balaban J connectivity index is 1.38. The molecule has 2 aliphatic heterocycles. The van der Waals surface area contributed by atoms with Crippen molar-refractivity contribution >= 4 is 27.9 Å². The Labute approximate surface area is 186 Å². The fraction of sp³-hybridized carbons (Fsp3) is 0.524. The zero-order chi connectivity index (χ0) is 22.9. The number of carbonyl (C=O) groups excluding carboxylic acids is 3. The molecule has 11 heteroatoms. The Morgan fingerprint density at radius 2 is 1.78 bits per heavy atom. The summed E-state index contributed by atoms with van der Waals surface area (Å²) in [6.07, 6.45) is 4.31. The SMILES string of the molecule is N#Cc1ccccc1S(=O)(=O)N1CCC(C(=O)NN2C(=O)NC3(CCCCC3)C2=O)CC1. The van der Waals surface area contributed by atoms with Gasteiger partial charge in [0.05, 0.1) is 10.5 Å². The molecule has 2 N–H and O–H groups in total. The zero-order valence-corrected chi connectivity index (χ0v) is 18.4. The van der Waals surface area contributed by atoms with E-state index in [-0.39, 0.29) is 36.4 Å². The maximum absolute atomic E-state index is 12.9. The van der Waals surface area contributed by atoms with Gasteiger partial charge in [-0.25, -0.2) is 13.2 Å². The summed E-state index contributed by atoms with van der Waals surface area (Å²) >= 11 is 0. The van der Waals surface area contributed by atoms with Crippen LogP contribution in [0.5, 0.6) is 0 Å². The van der Waals surface area contributed by atoms with E-state index in [1.54, 1.807) is 12.1 Å². The van der Waals surface area contributed by atoms with Gasteiger partial charge >= 0.3 is 6.03 Å². The molecule has 2 saturated heterocycles. The molecule has 0 unspecified atom stereocenters. The Morgan fingerprint density at radius 1 is 1.12 bits per heavy atom. The highest BCUT2D eigenvalue weighted by molar-refractivity contribution is 7.89. The number of hydrogen-bond donors (Lipinski definition) is 2. The third-order valence-electron chi connectivity index (χ3n) is 6.54. The lowest BCUT2D eigenvalue weighted by Gasteiger charge is -2.32. The summed E-state index contributed by atoms with van der Waals surface area (Å²) in [5.74, 6) is -1.43. The van der Waals surface area contributed by atoms with Crippen LogP contribution >= 0.6 is 0 Å². The maximum atomic E-state index is 12.9. The molecule has 3 aliphatic rings. The van der Waals surface area contributed by atoms with Gasteiger partial charge in [-0.1, -0.05) is 31.4 Å². The number of hydrogen-bond acceptors (Lipinski definition) is 6. The second-order valence-corrected chi connectivity index (χ2v) is 10.4. The average Bonchev–Trinajstić information content (AvgIpc) is 3.03. The molecule has 1 spiro atoms. The van der Waals surface area contributed by atoms with Gasteiger partial charge in [-0.05, 0) is 37.8 Å². The molecule has 32 heavy (non-hydrogen) atoms. The van der Waals surface area contributed by atoms with Crippen molar-refractivity contribution in [3.8, 4) is 6.07 Å². The molecule has 0 bridgehead atoms. The monoisotopic (exact) mass is 459 g/mol. The Hall–Kier alpha value is -2.97. The minimum absolute atomic E-state index is 0.0532. The largest absolute Gasteiger partial charge is 0.344 e. The summed E-state index contributed by atoms with van der Waals surface area (Å²) in [4.78, 5) is 37.9. The third-order valence-corrected chi connectivity index (χ3v) is 8.50. The smallest absolute Gasteiger partial charge is 0.322 e. The number of sulfonamides is 1. The highest BCUT2D eigenvalue weighted by atomic mass is 32.2. The minimum Gasteiger partial charge on any atom is -0.322 e.